The Hall–Kier alpha value is -3.12. The molecule has 0 spiro atoms. The third-order valence-electron chi connectivity index (χ3n) is 4.54. The Morgan fingerprint density at radius 2 is 1.10 bits per heavy atom. The van der Waals surface area contributed by atoms with Crippen LogP contribution in [0.4, 0.5) is 0 Å². The van der Waals surface area contributed by atoms with E-state index >= 15 is 0 Å². The first-order valence-corrected chi connectivity index (χ1v) is 12.5. The van der Waals surface area contributed by atoms with Crippen LogP contribution in [0.1, 0.15) is 19.4 Å². The van der Waals surface area contributed by atoms with E-state index in [1.54, 1.807) is 36.4 Å². The van der Waals surface area contributed by atoms with E-state index in [0.717, 1.165) is 11.8 Å². The fraction of sp³-hybridized carbons (Fsp3) is 0.125. The summed E-state index contributed by atoms with van der Waals surface area (Å²) >= 11 is 0. The minimum Gasteiger partial charge on any atom is -0.200 e. The van der Waals surface area contributed by atoms with E-state index in [1.807, 2.05) is 44.2 Å². The average Bonchev–Trinajstić information content (AvgIpc) is 2.78. The molecular formula is C24H23NO4S2. The van der Waals surface area contributed by atoms with Crippen molar-refractivity contribution in [3.8, 4) is 0 Å². The Morgan fingerprint density at radius 3 is 1.48 bits per heavy atom. The lowest BCUT2D eigenvalue weighted by molar-refractivity contribution is 0.537. The Labute approximate surface area is 184 Å². The van der Waals surface area contributed by atoms with Gasteiger partial charge in [0.2, 0.25) is 0 Å². The highest BCUT2D eigenvalue weighted by atomic mass is 32.3. The van der Waals surface area contributed by atoms with Crippen LogP contribution in [0.2, 0.25) is 0 Å². The lowest BCUT2D eigenvalue weighted by Crippen LogP contribution is -2.32. The van der Waals surface area contributed by atoms with Gasteiger partial charge in [-0.05, 0) is 35.7 Å². The zero-order valence-electron chi connectivity index (χ0n) is 17.2. The lowest BCUT2D eigenvalue weighted by Gasteiger charge is -2.20. The summed E-state index contributed by atoms with van der Waals surface area (Å²) in [6, 6.07) is 24.3. The highest BCUT2D eigenvalue weighted by Crippen LogP contribution is 2.26. The minimum absolute atomic E-state index is 0.0145. The summed E-state index contributed by atoms with van der Waals surface area (Å²) in [5, 5.41) is 0. The van der Waals surface area contributed by atoms with Crippen LogP contribution in [0.25, 0.3) is 5.57 Å². The number of rotatable bonds is 7. The molecule has 0 heterocycles. The van der Waals surface area contributed by atoms with Crippen LogP contribution in [-0.4, -0.2) is 20.5 Å². The van der Waals surface area contributed by atoms with Crippen molar-refractivity contribution in [1.29, 1.82) is 0 Å². The molecule has 7 heteroatoms. The molecule has 0 atom stereocenters. The molecule has 0 bridgehead atoms. The van der Waals surface area contributed by atoms with Crippen LogP contribution in [0.15, 0.2) is 113 Å². The zero-order chi connectivity index (χ0) is 22.5. The fourth-order valence-electron chi connectivity index (χ4n) is 2.98. The van der Waals surface area contributed by atoms with Crippen molar-refractivity contribution in [2.24, 2.45) is 5.92 Å². The molecule has 3 aromatic carbocycles. The van der Waals surface area contributed by atoms with Gasteiger partial charge >= 0.3 is 0 Å². The summed E-state index contributed by atoms with van der Waals surface area (Å²) in [5.74, 6) is -0.0145. The van der Waals surface area contributed by atoms with Crippen molar-refractivity contribution in [3.05, 3.63) is 108 Å². The van der Waals surface area contributed by atoms with Crippen LogP contribution in [0.5, 0.6) is 0 Å². The second-order valence-corrected chi connectivity index (χ2v) is 10.9. The highest BCUT2D eigenvalue weighted by molar-refractivity contribution is 8.04. The number of benzene rings is 3. The number of hydrogen-bond acceptors (Lipinski definition) is 4. The Balaban J connectivity index is 2.25. The van der Waals surface area contributed by atoms with E-state index in [2.05, 4.69) is 5.73 Å². The predicted molar refractivity (Wildman–Crippen MR) is 122 cm³/mol. The Kier molecular flexibility index (Phi) is 6.81. The first-order chi connectivity index (χ1) is 14.7. The third kappa shape index (κ3) is 4.97. The van der Waals surface area contributed by atoms with Crippen LogP contribution < -0.4 is 0 Å². The van der Waals surface area contributed by atoms with Gasteiger partial charge < -0.3 is 0 Å². The first kappa shape index (κ1) is 22.6. The topological polar surface area (TPSA) is 71.5 Å². The van der Waals surface area contributed by atoms with Crippen molar-refractivity contribution in [2.75, 3.05) is 0 Å². The van der Waals surface area contributed by atoms with E-state index in [1.165, 1.54) is 24.3 Å². The van der Waals surface area contributed by atoms with Crippen molar-refractivity contribution in [1.82, 2.24) is 3.71 Å². The van der Waals surface area contributed by atoms with Gasteiger partial charge in [0.05, 0.1) is 16.0 Å². The van der Waals surface area contributed by atoms with Gasteiger partial charge in [-0.25, -0.2) is 16.8 Å². The van der Waals surface area contributed by atoms with Crippen molar-refractivity contribution < 1.29 is 16.8 Å². The molecule has 0 N–H and O–H groups in total. The summed E-state index contributed by atoms with van der Waals surface area (Å²) in [4.78, 5) is -0.253. The van der Waals surface area contributed by atoms with Gasteiger partial charge in [0.15, 0.2) is 0 Å². The zero-order valence-corrected chi connectivity index (χ0v) is 18.8. The molecule has 160 valence electrons. The van der Waals surface area contributed by atoms with E-state index in [9.17, 15) is 16.8 Å². The summed E-state index contributed by atoms with van der Waals surface area (Å²) in [6.07, 6.45) is 1.01. The summed E-state index contributed by atoms with van der Waals surface area (Å²) in [7, 11) is -8.79. The minimum atomic E-state index is -4.40. The van der Waals surface area contributed by atoms with Gasteiger partial charge in [0.25, 0.3) is 20.0 Å². The molecule has 0 amide bonds. The SMILES string of the molecule is CC(C)C(=C=CN(S(=O)(=O)c1ccccc1)S(=O)(=O)c1ccccc1)c1ccccc1. The van der Waals surface area contributed by atoms with E-state index in [4.69, 9.17) is 0 Å². The van der Waals surface area contributed by atoms with Crippen LogP contribution in [0, 0.1) is 5.92 Å². The molecule has 0 aliphatic rings. The largest absolute Gasteiger partial charge is 0.277 e. The van der Waals surface area contributed by atoms with Crippen LogP contribution in [-0.2, 0) is 20.0 Å². The molecule has 0 aromatic heterocycles. The second kappa shape index (κ2) is 9.35. The van der Waals surface area contributed by atoms with Gasteiger partial charge in [0, 0.05) is 5.57 Å². The normalized spacial score (nSPS) is 11.6. The molecule has 0 unspecified atom stereocenters. The van der Waals surface area contributed by atoms with Gasteiger partial charge in [-0.15, -0.1) is 0 Å². The average molecular weight is 454 g/mol. The molecule has 5 nitrogen and oxygen atoms in total. The molecule has 0 radical (unpaired) electrons. The molecule has 31 heavy (non-hydrogen) atoms. The monoisotopic (exact) mass is 453 g/mol. The van der Waals surface area contributed by atoms with Crippen LogP contribution in [0.3, 0.4) is 0 Å². The molecule has 0 saturated heterocycles. The van der Waals surface area contributed by atoms with E-state index in [-0.39, 0.29) is 15.7 Å². The fourth-order valence-corrected chi connectivity index (χ4v) is 6.33. The predicted octanol–water partition coefficient (Wildman–Crippen LogP) is 4.92. The quantitative estimate of drug-likeness (QED) is 0.476. The molecule has 0 saturated carbocycles. The van der Waals surface area contributed by atoms with Gasteiger partial charge in [-0.2, -0.15) is 3.71 Å². The van der Waals surface area contributed by atoms with Gasteiger partial charge in [0.1, 0.15) is 0 Å². The van der Waals surface area contributed by atoms with Crippen molar-refractivity contribution in [2.45, 2.75) is 23.6 Å². The van der Waals surface area contributed by atoms with Crippen molar-refractivity contribution >= 4 is 25.6 Å². The number of allylic oxidation sites excluding steroid dienone is 1. The maximum Gasteiger partial charge on any atom is 0.277 e. The second-order valence-electron chi connectivity index (χ2n) is 7.07. The Morgan fingerprint density at radius 1 is 0.710 bits per heavy atom. The number of sulfonamides is 2. The van der Waals surface area contributed by atoms with E-state index in [0.29, 0.717) is 9.28 Å². The maximum atomic E-state index is 13.3. The maximum absolute atomic E-state index is 13.3. The van der Waals surface area contributed by atoms with E-state index < -0.39 is 20.0 Å². The molecule has 0 aliphatic heterocycles. The molecule has 0 fully saturated rings. The van der Waals surface area contributed by atoms with Gasteiger partial charge in [-0.3, -0.25) is 0 Å². The summed E-state index contributed by atoms with van der Waals surface area (Å²) in [6.45, 7) is 3.87. The Bertz CT molecular complexity index is 1220. The smallest absolute Gasteiger partial charge is 0.200 e. The molecule has 3 rings (SSSR count). The molecular weight excluding hydrogens is 430 g/mol. The van der Waals surface area contributed by atoms with Crippen molar-refractivity contribution in [3.63, 3.8) is 0 Å². The van der Waals surface area contributed by atoms with Crippen LogP contribution >= 0.6 is 0 Å². The highest BCUT2D eigenvalue weighted by Gasteiger charge is 2.33. The van der Waals surface area contributed by atoms with Gasteiger partial charge in [-0.1, -0.05) is 86.3 Å². The number of hydrogen-bond donors (Lipinski definition) is 0. The standard InChI is InChI=1S/C24H23NO4S2/c1-20(2)24(21-12-6-3-7-13-21)18-19-25(30(26,27)22-14-8-4-9-15-22)31(28,29)23-16-10-5-11-17-23/h3-17,19-20H,1-2H3. The number of nitrogens with zero attached hydrogens (tertiary/aromatic N) is 1. The molecule has 3 aromatic rings. The first-order valence-electron chi connectivity index (χ1n) is 9.66. The summed E-state index contributed by atoms with van der Waals surface area (Å²) in [5.41, 5.74) is 4.47. The summed E-state index contributed by atoms with van der Waals surface area (Å²) < 4.78 is 53.7. The lowest BCUT2D eigenvalue weighted by atomic mass is 9.96. The molecule has 0 aliphatic carbocycles. The third-order valence-corrected chi connectivity index (χ3v) is 8.62.